The number of hydrogen-bond donors (Lipinski definition) is 1. The lowest BCUT2D eigenvalue weighted by Crippen LogP contribution is -2.32. The number of rotatable bonds is 1. The molecule has 0 saturated carbocycles. The lowest BCUT2D eigenvalue weighted by atomic mass is 10.1. The van der Waals surface area contributed by atoms with Gasteiger partial charge in [-0.3, -0.25) is 4.90 Å². The fraction of sp³-hybridized carbons (Fsp3) is 0.500. The summed E-state index contributed by atoms with van der Waals surface area (Å²) in [6.07, 6.45) is 0.271. The molecule has 3 rings (SSSR count). The number of aliphatic hydroxyl groups excluding tert-OH is 1. The Hall–Kier alpha value is -1.26. The summed E-state index contributed by atoms with van der Waals surface area (Å²) in [6, 6.07) is 3.76. The second kappa shape index (κ2) is 4.39. The summed E-state index contributed by atoms with van der Waals surface area (Å²) >= 11 is 6.26. The third kappa shape index (κ3) is 1.82. The minimum absolute atomic E-state index is 0.0235. The molecule has 102 valence electrons. The van der Waals surface area contributed by atoms with E-state index >= 15 is 0 Å². The molecule has 0 spiro atoms. The summed E-state index contributed by atoms with van der Waals surface area (Å²) in [5.74, 6) is 0. The van der Waals surface area contributed by atoms with Gasteiger partial charge in [0.25, 0.3) is 0 Å². The number of aryl methyl sites for hydroxylation is 1. The lowest BCUT2D eigenvalue weighted by Gasteiger charge is -2.20. The maximum absolute atomic E-state index is 12.4. The zero-order valence-corrected chi connectivity index (χ0v) is 11.8. The second-order valence-electron chi connectivity index (χ2n) is 5.35. The van der Waals surface area contributed by atoms with Crippen LogP contribution in [0.1, 0.15) is 17.5 Å². The van der Waals surface area contributed by atoms with Gasteiger partial charge in [-0.2, -0.15) is 0 Å². The molecule has 0 aliphatic carbocycles. The van der Waals surface area contributed by atoms with Gasteiger partial charge in [-0.25, -0.2) is 4.79 Å². The van der Waals surface area contributed by atoms with E-state index in [0.717, 1.165) is 16.8 Å². The number of benzene rings is 1. The Bertz CT molecular complexity index is 546. The van der Waals surface area contributed by atoms with E-state index in [-0.39, 0.29) is 12.1 Å². The number of halogens is 1. The van der Waals surface area contributed by atoms with Crippen molar-refractivity contribution in [1.82, 2.24) is 4.90 Å². The van der Waals surface area contributed by atoms with Crippen molar-refractivity contribution in [2.24, 2.45) is 0 Å². The third-order valence-electron chi connectivity index (χ3n) is 4.20. The number of carbonyl (C=O) groups is 1. The molecule has 2 heterocycles. The molecule has 0 aromatic heterocycles. The summed E-state index contributed by atoms with van der Waals surface area (Å²) < 4.78 is 0. The molecule has 2 fully saturated rings. The molecule has 2 amide bonds. The molecule has 0 unspecified atom stereocenters. The van der Waals surface area contributed by atoms with Gasteiger partial charge in [-0.05, 0) is 37.5 Å². The number of hydrogen-bond acceptors (Lipinski definition) is 2. The van der Waals surface area contributed by atoms with Gasteiger partial charge in [-0.15, -0.1) is 0 Å². The molecule has 2 aliphatic rings. The van der Waals surface area contributed by atoms with E-state index in [2.05, 4.69) is 0 Å². The standard InChI is InChI=1S/C14H17ClN2O2/c1-8-3-4-10(9(2)13(8)15)17-7-11-12(18)5-6-16(11)14(17)19/h3-4,11-12,18H,5-7H2,1-2H3/t11-,12-/m1/s1. The highest BCUT2D eigenvalue weighted by atomic mass is 35.5. The van der Waals surface area contributed by atoms with E-state index in [1.165, 1.54) is 0 Å². The zero-order chi connectivity index (χ0) is 13.7. The maximum atomic E-state index is 12.4. The van der Waals surface area contributed by atoms with Gasteiger partial charge >= 0.3 is 6.03 Å². The quantitative estimate of drug-likeness (QED) is 0.858. The van der Waals surface area contributed by atoms with Crippen molar-refractivity contribution in [2.75, 3.05) is 18.0 Å². The van der Waals surface area contributed by atoms with Crippen LogP contribution in [0.3, 0.4) is 0 Å². The Labute approximate surface area is 117 Å². The average Bonchev–Trinajstić information content (AvgIpc) is 2.90. The SMILES string of the molecule is Cc1ccc(N2C[C@@H]3[C@H](O)CCN3C2=O)c(C)c1Cl. The van der Waals surface area contributed by atoms with E-state index in [4.69, 9.17) is 11.6 Å². The van der Waals surface area contributed by atoms with Crippen molar-refractivity contribution in [3.63, 3.8) is 0 Å². The molecule has 1 aromatic rings. The van der Waals surface area contributed by atoms with Crippen LogP contribution in [-0.2, 0) is 0 Å². The molecule has 1 N–H and O–H groups in total. The molecule has 2 aliphatic heterocycles. The van der Waals surface area contributed by atoms with Crippen molar-refractivity contribution >= 4 is 23.3 Å². The van der Waals surface area contributed by atoms with Crippen molar-refractivity contribution in [1.29, 1.82) is 0 Å². The summed E-state index contributed by atoms with van der Waals surface area (Å²) in [6.45, 7) is 5.06. The van der Waals surface area contributed by atoms with Gasteiger partial charge in [-0.1, -0.05) is 17.7 Å². The molecule has 2 atom stereocenters. The molecule has 0 radical (unpaired) electrons. The van der Waals surface area contributed by atoms with Crippen molar-refractivity contribution in [3.05, 3.63) is 28.3 Å². The number of carbonyl (C=O) groups excluding carboxylic acids is 1. The van der Waals surface area contributed by atoms with E-state index < -0.39 is 6.10 Å². The van der Waals surface area contributed by atoms with E-state index in [9.17, 15) is 9.90 Å². The van der Waals surface area contributed by atoms with Crippen LogP contribution in [0.5, 0.6) is 0 Å². The van der Waals surface area contributed by atoms with Crippen molar-refractivity contribution in [2.45, 2.75) is 32.4 Å². The molecule has 0 bridgehead atoms. The smallest absolute Gasteiger partial charge is 0.324 e. The van der Waals surface area contributed by atoms with Crippen LogP contribution in [0.2, 0.25) is 5.02 Å². The van der Waals surface area contributed by atoms with Crippen LogP contribution in [-0.4, -0.2) is 41.3 Å². The predicted octanol–water partition coefficient (Wildman–Crippen LogP) is 2.33. The fourth-order valence-corrected chi connectivity index (χ4v) is 3.18. The first-order valence-electron chi connectivity index (χ1n) is 6.52. The number of anilines is 1. The third-order valence-corrected chi connectivity index (χ3v) is 4.78. The zero-order valence-electron chi connectivity index (χ0n) is 11.1. The minimum atomic E-state index is -0.407. The molecule has 1 aromatic carbocycles. The minimum Gasteiger partial charge on any atom is -0.391 e. The topological polar surface area (TPSA) is 43.8 Å². The summed E-state index contributed by atoms with van der Waals surface area (Å²) in [5.41, 5.74) is 2.78. The lowest BCUT2D eigenvalue weighted by molar-refractivity contribution is 0.144. The summed E-state index contributed by atoms with van der Waals surface area (Å²) in [5, 5.41) is 10.6. The first-order valence-corrected chi connectivity index (χ1v) is 6.90. The number of urea groups is 1. The van der Waals surface area contributed by atoms with E-state index in [1.807, 2.05) is 26.0 Å². The Morgan fingerprint density at radius 2 is 2.11 bits per heavy atom. The molecule has 4 nitrogen and oxygen atoms in total. The molecule has 19 heavy (non-hydrogen) atoms. The Balaban J connectivity index is 1.96. The first-order chi connectivity index (χ1) is 9.00. The van der Waals surface area contributed by atoms with E-state index in [1.54, 1.807) is 9.80 Å². The molecular weight excluding hydrogens is 264 g/mol. The van der Waals surface area contributed by atoms with Gasteiger partial charge in [0.1, 0.15) is 0 Å². The highest BCUT2D eigenvalue weighted by Crippen LogP contribution is 2.35. The van der Waals surface area contributed by atoms with E-state index in [0.29, 0.717) is 24.5 Å². The summed E-state index contributed by atoms with van der Waals surface area (Å²) in [7, 11) is 0. The van der Waals surface area contributed by atoms with Gasteiger partial charge in [0, 0.05) is 17.3 Å². The molecule has 5 heteroatoms. The fourth-order valence-electron chi connectivity index (χ4n) is 3.02. The number of aliphatic hydroxyl groups is 1. The van der Waals surface area contributed by atoms with Crippen LogP contribution < -0.4 is 4.90 Å². The highest BCUT2D eigenvalue weighted by molar-refractivity contribution is 6.32. The van der Waals surface area contributed by atoms with Crippen LogP contribution >= 0.6 is 11.6 Å². The average molecular weight is 281 g/mol. The van der Waals surface area contributed by atoms with Crippen LogP contribution in [0.4, 0.5) is 10.5 Å². The van der Waals surface area contributed by atoms with Crippen LogP contribution in [0, 0.1) is 13.8 Å². The number of amides is 2. The number of fused-ring (bicyclic) bond motifs is 1. The van der Waals surface area contributed by atoms with Crippen molar-refractivity contribution < 1.29 is 9.90 Å². The van der Waals surface area contributed by atoms with Crippen LogP contribution in [0.15, 0.2) is 12.1 Å². The first kappa shape index (κ1) is 12.8. The van der Waals surface area contributed by atoms with Crippen LogP contribution in [0.25, 0.3) is 0 Å². The number of nitrogens with zero attached hydrogens (tertiary/aromatic N) is 2. The Morgan fingerprint density at radius 1 is 1.37 bits per heavy atom. The molecule has 2 saturated heterocycles. The monoisotopic (exact) mass is 280 g/mol. The van der Waals surface area contributed by atoms with Gasteiger partial charge in [0.05, 0.1) is 18.7 Å². The second-order valence-corrected chi connectivity index (χ2v) is 5.73. The predicted molar refractivity (Wildman–Crippen MR) is 74.8 cm³/mol. The Morgan fingerprint density at radius 3 is 2.79 bits per heavy atom. The normalized spacial score (nSPS) is 26.2. The largest absolute Gasteiger partial charge is 0.391 e. The van der Waals surface area contributed by atoms with Gasteiger partial charge in [0.2, 0.25) is 0 Å². The molecular formula is C14H17ClN2O2. The maximum Gasteiger partial charge on any atom is 0.324 e. The highest BCUT2D eigenvalue weighted by Gasteiger charge is 2.45. The van der Waals surface area contributed by atoms with Gasteiger partial charge < -0.3 is 10.0 Å². The van der Waals surface area contributed by atoms with Crippen molar-refractivity contribution in [3.8, 4) is 0 Å². The summed E-state index contributed by atoms with van der Waals surface area (Å²) in [4.78, 5) is 15.9. The van der Waals surface area contributed by atoms with Gasteiger partial charge in [0.15, 0.2) is 0 Å². The Kier molecular flexibility index (Phi) is 2.95.